The normalized spacial score (nSPS) is 20.1. The van der Waals surface area contributed by atoms with Crippen LogP contribution in [0.4, 0.5) is 0 Å². The highest BCUT2D eigenvalue weighted by Gasteiger charge is 2.27. The molecule has 0 aromatic carbocycles. The van der Waals surface area contributed by atoms with E-state index in [0.29, 0.717) is 6.04 Å². The summed E-state index contributed by atoms with van der Waals surface area (Å²) in [6.45, 7) is 1.92. The van der Waals surface area contributed by atoms with Gasteiger partial charge < -0.3 is 0 Å². The second kappa shape index (κ2) is 5.18. The molecule has 0 spiro atoms. The fourth-order valence-electron chi connectivity index (χ4n) is 2.47. The molecule has 1 saturated heterocycles. The Bertz CT molecular complexity index is 487. The maximum Gasteiger partial charge on any atom is 0.115 e. The van der Waals surface area contributed by atoms with Gasteiger partial charge >= 0.3 is 0 Å². The molecular weight excluding hydrogens is 226 g/mol. The van der Waals surface area contributed by atoms with Crippen molar-refractivity contribution in [2.75, 3.05) is 6.54 Å². The summed E-state index contributed by atoms with van der Waals surface area (Å²) >= 11 is 0. The van der Waals surface area contributed by atoms with E-state index in [4.69, 9.17) is 0 Å². The molecule has 1 aliphatic heterocycles. The lowest BCUT2D eigenvalue weighted by Gasteiger charge is -2.23. The minimum Gasteiger partial charge on any atom is -0.289 e. The molecule has 2 aromatic heterocycles. The van der Waals surface area contributed by atoms with Gasteiger partial charge in [-0.2, -0.15) is 0 Å². The first-order valence-corrected chi connectivity index (χ1v) is 6.18. The van der Waals surface area contributed by atoms with E-state index in [2.05, 4.69) is 24.8 Å². The zero-order valence-corrected chi connectivity index (χ0v) is 10.1. The average Bonchev–Trinajstić information content (AvgIpc) is 2.89. The molecule has 0 aliphatic carbocycles. The minimum atomic E-state index is 0.384. The third-order valence-corrected chi connectivity index (χ3v) is 3.29. The zero-order chi connectivity index (χ0) is 12.2. The van der Waals surface area contributed by atoms with Crippen molar-refractivity contribution in [3.63, 3.8) is 0 Å². The summed E-state index contributed by atoms with van der Waals surface area (Å²) in [6, 6.07) is 2.38. The van der Waals surface area contributed by atoms with Gasteiger partial charge in [-0.1, -0.05) is 0 Å². The molecule has 92 valence electrons. The van der Waals surface area contributed by atoms with Gasteiger partial charge in [-0.05, 0) is 25.5 Å². The number of hydrogen-bond acceptors (Lipinski definition) is 5. The largest absolute Gasteiger partial charge is 0.289 e. The monoisotopic (exact) mass is 241 g/mol. The molecule has 0 unspecified atom stereocenters. The molecule has 1 fully saturated rings. The van der Waals surface area contributed by atoms with Crippen molar-refractivity contribution in [2.24, 2.45) is 0 Å². The van der Waals surface area contributed by atoms with E-state index < -0.39 is 0 Å². The van der Waals surface area contributed by atoms with Crippen LogP contribution in [0.3, 0.4) is 0 Å². The van der Waals surface area contributed by atoms with Crippen molar-refractivity contribution in [2.45, 2.75) is 25.4 Å². The van der Waals surface area contributed by atoms with E-state index in [1.54, 1.807) is 24.9 Å². The number of nitrogens with zero attached hydrogens (tertiary/aromatic N) is 5. The van der Waals surface area contributed by atoms with E-state index in [1.807, 2.05) is 12.3 Å². The summed E-state index contributed by atoms with van der Waals surface area (Å²) < 4.78 is 0. The van der Waals surface area contributed by atoms with Gasteiger partial charge in [-0.15, -0.1) is 0 Å². The van der Waals surface area contributed by atoms with Gasteiger partial charge in [-0.3, -0.25) is 14.9 Å². The Kier molecular flexibility index (Phi) is 3.23. The molecule has 3 rings (SSSR count). The highest BCUT2D eigenvalue weighted by molar-refractivity contribution is 5.08. The fraction of sp³-hybridized carbons (Fsp3) is 0.385. The molecule has 5 heteroatoms. The van der Waals surface area contributed by atoms with E-state index in [9.17, 15) is 0 Å². The Morgan fingerprint density at radius 1 is 1.17 bits per heavy atom. The van der Waals surface area contributed by atoms with Crippen LogP contribution in [0.15, 0.2) is 37.2 Å². The van der Waals surface area contributed by atoms with Gasteiger partial charge in [0, 0.05) is 31.3 Å². The zero-order valence-electron chi connectivity index (χ0n) is 10.1. The highest BCUT2D eigenvalue weighted by atomic mass is 15.2. The summed E-state index contributed by atoms with van der Waals surface area (Å²) in [6.07, 6.45) is 11.1. The molecule has 0 saturated carbocycles. The van der Waals surface area contributed by atoms with Gasteiger partial charge in [0.25, 0.3) is 0 Å². The summed E-state index contributed by atoms with van der Waals surface area (Å²) in [7, 11) is 0. The lowest BCUT2D eigenvalue weighted by atomic mass is 10.1. The molecule has 18 heavy (non-hydrogen) atoms. The first-order valence-electron chi connectivity index (χ1n) is 6.18. The molecular formula is C13H15N5. The molecule has 1 atom stereocenters. The molecule has 3 heterocycles. The van der Waals surface area contributed by atoms with E-state index in [0.717, 1.165) is 30.9 Å². The van der Waals surface area contributed by atoms with Crippen LogP contribution >= 0.6 is 0 Å². The lowest BCUT2D eigenvalue weighted by Crippen LogP contribution is -2.24. The molecule has 0 radical (unpaired) electrons. The number of likely N-dealkylation sites (tertiary alicyclic amines) is 1. The SMILES string of the molecule is c1cc([C@H]2CCCN2Cc2cnccn2)ncn1. The Morgan fingerprint density at radius 2 is 2.17 bits per heavy atom. The minimum absolute atomic E-state index is 0.384. The van der Waals surface area contributed by atoms with Gasteiger partial charge in [0.2, 0.25) is 0 Å². The molecule has 1 aliphatic rings. The second-order valence-corrected chi connectivity index (χ2v) is 4.46. The second-order valence-electron chi connectivity index (χ2n) is 4.46. The van der Waals surface area contributed by atoms with Gasteiger partial charge in [0.1, 0.15) is 6.33 Å². The standard InChI is InChI=1S/C13H15N5/c1-2-13(12-3-4-15-10-17-12)18(7-1)9-11-8-14-5-6-16-11/h3-6,8,10,13H,1-2,7,9H2/t13-/m1/s1. The molecule has 5 nitrogen and oxygen atoms in total. The summed E-state index contributed by atoms with van der Waals surface area (Å²) in [5.41, 5.74) is 2.12. The Balaban J connectivity index is 1.76. The van der Waals surface area contributed by atoms with Crippen LogP contribution < -0.4 is 0 Å². The number of rotatable bonds is 3. The summed E-state index contributed by atoms with van der Waals surface area (Å²) in [4.78, 5) is 19.2. The van der Waals surface area contributed by atoms with Crippen LogP contribution in [0.1, 0.15) is 30.3 Å². The topological polar surface area (TPSA) is 54.8 Å². The van der Waals surface area contributed by atoms with Crippen LogP contribution in [0, 0.1) is 0 Å². The lowest BCUT2D eigenvalue weighted by molar-refractivity contribution is 0.241. The van der Waals surface area contributed by atoms with Crippen molar-refractivity contribution in [1.82, 2.24) is 24.8 Å². The van der Waals surface area contributed by atoms with E-state index >= 15 is 0 Å². The van der Waals surface area contributed by atoms with Gasteiger partial charge in [0.05, 0.1) is 17.4 Å². The van der Waals surface area contributed by atoms with Gasteiger partial charge in [-0.25, -0.2) is 9.97 Å². The van der Waals surface area contributed by atoms with Crippen LogP contribution in [-0.4, -0.2) is 31.4 Å². The predicted octanol–water partition coefficient (Wildman–Crippen LogP) is 1.60. The first kappa shape index (κ1) is 11.2. The van der Waals surface area contributed by atoms with Crippen LogP contribution in [0.25, 0.3) is 0 Å². The molecule has 0 bridgehead atoms. The Labute approximate surface area is 106 Å². The Hall–Kier alpha value is -1.88. The van der Waals surface area contributed by atoms with Crippen molar-refractivity contribution < 1.29 is 0 Å². The van der Waals surface area contributed by atoms with Crippen molar-refractivity contribution in [3.8, 4) is 0 Å². The summed E-state index contributed by atoms with van der Waals surface area (Å²) in [5.74, 6) is 0. The maximum atomic E-state index is 4.36. The molecule has 2 aromatic rings. The summed E-state index contributed by atoms with van der Waals surface area (Å²) in [5, 5.41) is 0. The third-order valence-electron chi connectivity index (χ3n) is 3.29. The highest BCUT2D eigenvalue weighted by Crippen LogP contribution is 2.31. The van der Waals surface area contributed by atoms with E-state index in [1.165, 1.54) is 6.42 Å². The first-order chi connectivity index (χ1) is 8.93. The smallest absolute Gasteiger partial charge is 0.115 e. The number of hydrogen-bond donors (Lipinski definition) is 0. The van der Waals surface area contributed by atoms with Crippen LogP contribution in [-0.2, 0) is 6.54 Å². The van der Waals surface area contributed by atoms with E-state index in [-0.39, 0.29) is 0 Å². The third kappa shape index (κ3) is 2.36. The fourth-order valence-corrected chi connectivity index (χ4v) is 2.47. The maximum absolute atomic E-state index is 4.36. The van der Waals surface area contributed by atoms with Crippen molar-refractivity contribution in [3.05, 3.63) is 48.6 Å². The molecule has 0 amide bonds. The quantitative estimate of drug-likeness (QED) is 0.817. The van der Waals surface area contributed by atoms with Crippen LogP contribution in [0.2, 0.25) is 0 Å². The van der Waals surface area contributed by atoms with Crippen molar-refractivity contribution >= 4 is 0 Å². The molecule has 0 N–H and O–H groups in total. The number of aromatic nitrogens is 4. The van der Waals surface area contributed by atoms with Gasteiger partial charge in [0.15, 0.2) is 0 Å². The predicted molar refractivity (Wildman–Crippen MR) is 66.4 cm³/mol. The van der Waals surface area contributed by atoms with Crippen LogP contribution in [0.5, 0.6) is 0 Å². The average molecular weight is 241 g/mol. The Morgan fingerprint density at radius 3 is 2.94 bits per heavy atom. The van der Waals surface area contributed by atoms with Crippen molar-refractivity contribution in [1.29, 1.82) is 0 Å².